The summed E-state index contributed by atoms with van der Waals surface area (Å²) >= 11 is 0. The molecule has 17 heavy (non-hydrogen) atoms. The van der Waals surface area contributed by atoms with E-state index in [1.54, 1.807) is 6.20 Å². The fourth-order valence-corrected chi connectivity index (χ4v) is 1.93. The van der Waals surface area contributed by atoms with Crippen molar-refractivity contribution in [3.63, 3.8) is 0 Å². The first-order chi connectivity index (χ1) is 8.43. The van der Waals surface area contributed by atoms with Gasteiger partial charge in [0, 0.05) is 25.1 Å². The summed E-state index contributed by atoms with van der Waals surface area (Å²) in [6.07, 6.45) is 5.82. The molecule has 0 amide bonds. The highest BCUT2D eigenvalue weighted by molar-refractivity contribution is 5.26. The summed E-state index contributed by atoms with van der Waals surface area (Å²) in [6, 6.07) is 16.5. The smallest absolute Gasteiger partial charge is 0.134 e. The minimum absolute atomic E-state index is 0.864. The van der Waals surface area contributed by atoms with E-state index in [2.05, 4.69) is 46.2 Å². The molecule has 0 saturated heterocycles. The van der Waals surface area contributed by atoms with Gasteiger partial charge in [-0.25, -0.2) is 4.68 Å². The first-order valence-corrected chi connectivity index (χ1v) is 5.62. The molecule has 0 saturated carbocycles. The van der Waals surface area contributed by atoms with Gasteiger partial charge in [-0.3, -0.25) is 0 Å². The molecule has 3 rings (SSSR count). The van der Waals surface area contributed by atoms with Crippen LogP contribution in [0.3, 0.4) is 0 Å². The Balaban J connectivity index is 1.92. The Morgan fingerprint density at radius 1 is 0.882 bits per heavy atom. The van der Waals surface area contributed by atoms with Crippen LogP contribution in [0.15, 0.2) is 67.1 Å². The zero-order chi connectivity index (χ0) is 11.5. The highest BCUT2D eigenvalue weighted by Gasteiger charge is 2.03. The van der Waals surface area contributed by atoms with Crippen molar-refractivity contribution in [1.82, 2.24) is 14.3 Å². The van der Waals surface area contributed by atoms with E-state index in [1.165, 1.54) is 5.56 Å². The van der Waals surface area contributed by atoms with Crippen LogP contribution in [0.1, 0.15) is 5.56 Å². The van der Waals surface area contributed by atoms with Crippen LogP contribution in [0.4, 0.5) is 0 Å². The van der Waals surface area contributed by atoms with Gasteiger partial charge in [-0.1, -0.05) is 30.3 Å². The second-order valence-corrected chi connectivity index (χ2v) is 3.93. The molecule has 0 atom stereocenters. The van der Waals surface area contributed by atoms with Gasteiger partial charge in [-0.2, -0.15) is 5.10 Å². The summed E-state index contributed by atoms with van der Waals surface area (Å²) in [5.41, 5.74) is 1.29. The van der Waals surface area contributed by atoms with Gasteiger partial charge >= 0.3 is 0 Å². The van der Waals surface area contributed by atoms with Gasteiger partial charge in [0.05, 0.1) is 0 Å². The van der Waals surface area contributed by atoms with E-state index in [1.807, 2.05) is 29.1 Å². The lowest BCUT2D eigenvalue weighted by Crippen LogP contribution is -2.06. The molecule has 0 aliphatic rings. The van der Waals surface area contributed by atoms with Gasteiger partial charge in [0.2, 0.25) is 0 Å². The van der Waals surface area contributed by atoms with Crippen molar-refractivity contribution in [2.24, 2.45) is 0 Å². The number of hydrogen-bond donors (Lipinski definition) is 0. The minimum atomic E-state index is 0.864. The van der Waals surface area contributed by atoms with Gasteiger partial charge in [-0.15, -0.1) is 0 Å². The molecule has 3 heteroatoms. The molecule has 0 N–H and O–H groups in total. The molecule has 3 aromatic rings. The van der Waals surface area contributed by atoms with Crippen LogP contribution in [-0.4, -0.2) is 14.3 Å². The molecular weight excluding hydrogens is 210 g/mol. The Labute approximate surface area is 99.9 Å². The second-order valence-electron chi connectivity index (χ2n) is 3.93. The van der Waals surface area contributed by atoms with Crippen LogP contribution < -0.4 is 0 Å². The van der Waals surface area contributed by atoms with Gasteiger partial charge in [-0.05, 0) is 23.8 Å². The molecule has 0 bridgehead atoms. The van der Waals surface area contributed by atoms with E-state index in [-0.39, 0.29) is 0 Å². The maximum Gasteiger partial charge on any atom is 0.134 e. The molecular formula is C14H13N3. The highest BCUT2D eigenvalue weighted by Crippen LogP contribution is 2.11. The molecule has 1 aromatic carbocycles. The number of aromatic nitrogens is 3. The summed E-state index contributed by atoms with van der Waals surface area (Å²) in [6.45, 7) is 0.864. The molecule has 0 aliphatic carbocycles. The normalized spacial score (nSPS) is 10.6. The van der Waals surface area contributed by atoms with Crippen LogP contribution >= 0.6 is 0 Å². The second kappa shape index (κ2) is 4.29. The van der Waals surface area contributed by atoms with Crippen molar-refractivity contribution in [3.8, 4) is 5.82 Å². The Kier molecular flexibility index (Phi) is 2.50. The van der Waals surface area contributed by atoms with Crippen molar-refractivity contribution in [3.05, 3.63) is 72.7 Å². The average molecular weight is 223 g/mol. The molecule has 84 valence electrons. The van der Waals surface area contributed by atoms with E-state index >= 15 is 0 Å². The monoisotopic (exact) mass is 223 g/mol. The lowest BCUT2D eigenvalue weighted by Gasteiger charge is -2.09. The van der Waals surface area contributed by atoms with Gasteiger partial charge in [0.1, 0.15) is 5.82 Å². The maximum absolute atomic E-state index is 4.26. The van der Waals surface area contributed by atoms with Gasteiger partial charge in [0.15, 0.2) is 0 Å². The van der Waals surface area contributed by atoms with Crippen LogP contribution in [0.5, 0.6) is 0 Å². The summed E-state index contributed by atoms with van der Waals surface area (Å²) in [5.74, 6) is 1.08. The van der Waals surface area contributed by atoms with Crippen LogP contribution in [0.25, 0.3) is 5.82 Å². The maximum atomic E-state index is 4.26. The number of nitrogens with zero attached hydrogens (tertiary/aromatic N) is 3. The van der Waals surface area contributed by atoms with E-state index in [9.17, 15) is 0 Å². The first-order valence-electron chi connectivity index (χ1n) is 5.62. The standard InChI is InChI=1S/C14H13N3/c1-2-6-13(7-3-1)12-16-10-4-8-14(16)17-11-5-9-15-17/h1-11H,12H2. The number of rotatable bonds is 3. The molecule has 0 aliphatic heterocycles. The third-order valence-corrected chi connectivity index (χ3v) is 2.74. The number of hydrogen-bond acceptors (Lipinski definition) is 1. The van der Waals surface area contributed by atoms with Gasteiger partial charge in [0.25, 0.3) is 0 Å². The molecule has 0 radical (unpaired) electrons. The van der Waals surface area contributed by atoms with Crippen molar-refractivity contribution in [2.75, 3.05) is 0 Å². The Hall–Kier alpha value is -2.29. The predicted molar refractivity (Wildman–Crippen MR) is 67.1 cm³/mol. The fraction of sp³-hybridized carbons (Fsp3) is 0.0714. The SMILES string of the molecule is c1ccc(Cn2cccc2-n2cccn2)cc1. The molecule has 2 aromatic heterocycles. The van der Waals surface area contributed by atoms with Crippen molar-refractivity contribution in [2.45, 2.75) is 6.54 Å². The van der Waals surface area contributed by atoms with Crippen LogP contribution in [0, 0.1) is 0 Å². The van der Waals surface area contributed by atoms with Gasteiger partial charge < -0.3 is 4.57 Å². The number of benzene rings is 1. The highest BCUT2D eigenvalue weighted by atomic mass is 15.3. The predicted octanol–water partition coefficient (Wildman–Crippen LogP) is 2.72. The van der Waals surface area contributed by atoms with Crippen molar-refractivity contribution in [1.29, 1.82) is 0 Å². The van der Waals surface area contributed by atoms with E-state index in [0.717, 1.165) is 12.4 Å². The summed E-state index contributed by atoms with van der Waals surface area (Å²) in [5, 5.41) is 4.26. The summed E-state index contributed by atoms with van der Waals surface area (Å²) in [7, 11) is 0. The van der Waals surface area contributed by atoms with E-state index < -0.39 is 0 Å². The molecule has 3 nitrogen and oxygen atoms in total. The lowest BCUT2D eigenvalue weighted by atomic mass is 10.2. The zero-order valence-electron chi connectivity index (χ0n) is 9.40. The van der Waals surface area contributed by atoms with E-state index in [0.29, 0.717) is 0 Å². The first kappa shape index (κ1) is 9.90. The third-order valence-electron chi connectivity index (χ3n) is 2.74. The van der Waals surface area contributed by atoms with E-state index in [4.69, 9.17) is 0 Å². The van der Waals surface area contributed by atoms with Crippen LogP contribution in [0.2, 0.25) is 0 Å². The largest absolute Gasteiger partial charge is 0.329 e. The van der Waals surface area contributed by atoms with Crippen LogP contribution in [-0.2, 0) is 6.54 Å². The minimum Gasteiger partial charge on any atom is -0.329 e. The zero-order valence-corrected chi connectivity index (χ0v) is 9.40. The summed E-state index contributed by atoms with van der Waals surface area (Å²) in [4.78, 5) is 0. The lowest BCUT2D eigenvalue weighted by molar-refractivity contribution is 0.723. The quantitative estimate of drug-likeness (QED) is 0.669. The Morgan fingerprint density at radius 2 is 1.76 bits per heavy atom. The summed E-state index contributed by atoms with van der Waals surface area (Å²) < 4.78 is 4.06. The Bertz CT molecular complexity index is 579. The fourth-order valence-electron chi connectivity index (χ4n) is 1.93. The molecule has 0 fully saturated rings. The van der Waals surface area contributed by atoms with Crippen molar-refractivity contribution >= 4 is 0 Å². The molecule has 0 unspecified atom stereocenters. The molecule has 2 heterocycles. The molecule has 0 spiro atoms. The topological polar surface area (TPSA) is 22.8 Å². The third kappa shape index (κ3) is 1.99. The average Bonchev–Trinajstić information content (AvgIpc) is 3.00. The van der Waals surface area contributed by atoms with Crippen molar-refractivity contribution < 1.29 is 0 Å². The Morgan fingerprint density at radius 3 is 2.53 bits per heavy atom.